The van der Waals surface area contributed by atoms with E-state index in [9.17, 15) is 0 Å². The molecule has 0 saturated carbocycles. The van der Waals surface area contributed by atoms with E-state index in [-0.39, 0.29) is 0 Å². The van der Waals surface area contributed by atoms with Crippen molar-refractivity contribution in [2.75, 3.05) is 7.11 Å². The zero-order chi connectivity index (χ0) is 12.4. The Balaban J connectivity index is 2.59. The average Bonchev–Trinajstić information content (AvgIpc) is 2.76. The molecule has 3 nitrogen and oxygen atoms in total. The molecule has 1 aromatic heterocycles. The Kier molecular flexibility index (Phi) is 3.12. The standard InChI is InChI=1S/C13H12N2OS/c1-8-4-10(5-9(2)13(8)16-3)12-11(6-14)17-7-15-12/h4-5,7H,1-3H3. The molecular formula is C13H12N2OS. The molecule has 1 heterocycles. The van der Waals surface area contributed by atoms with Gasteiger partial charge in [-0.15, -0.1) is 11.3 Å². The Morgan fingerprint density at radius 2 is 1.94 bits per heavy atom. The number of thiazole rings is 1. The maximum atomic E-state index is 9.00. The van der Waals surface area contributed by atoms with Gasteiger partial charge in [0.15, 0.2) is 0 Å². The first-order valence-electron chi connectivity index (χ1n) is 5.16. The normalized spacial score (nSPS) is 10.0. The fourth-order valence-electron chi connectivity index (χ4n) is 1.94. The van der Waals surface area contributed by atoms with Gasteiger partial charge in [-0.2, -0.15) is 5.26 Å². The van der Waals surface area contributed by atoms with Gasteiger partial charge in [0.2, 0.25) is 0 Å². The van der Waals surface area contributed by atoms with Gasteiger partial charge >= 0.3 is 0 Å². The molecule has 0 saturated heterocycles. The maximum Gasteiger partial charge on any atom is 0.132 e. The largest absolute Gasteiger partial charge is 0.496 e. The molecule has 0 unspecified atom stereocenters. The summed E-state index contributed by atoms with van der Waals surface area (Å²) in [4.78, 5) is 4.90. The van der Waals surface area contributed by atoms with Gasteiger partial charge in [-0.25, -0.2) is 4.98 Å². The summed E-state index contributed by atoms with van der Waals surface area (Å²) < 4.78 is 5.32. The van der Waals surface area contributed by atoms with Crippen LogP contribution in [0.3, 0.4) is 0 Å². The number of aryl methyl sites for hydroxylation is 2. The molecule has 2 aromatic rings. The highest BCUT2D eigenvalue weighted by Gasteiger charge is 2.12. The van der Waals surface area contributed by atoms with Crippen molar-refractivity contribution in [2.45, 2.75) is 13.8 Å². The molecule has 0 radical (unpaired) electrons. The van der Waals surface area contributed by atoms with Gasteiger partial charge in [0.1, 0.15) is 16.7 Å². The number of nitrogens with zero attached hydrogens (tertiary/aromatic N) is 2. The smallest absolute Gasteiger partial charge is 0.132 e. The Hall–Kier alpha value is -1.86. The van der Waals surface area contributed by atoms with Gasteiger partial charge in [-0.3, -0.25) is 0 Å². The topological polar surface area (TPSA) is 45.9 Å². The summed E-state index contributed by atoms with van der Waals surface area (Å²) in [5, 5.41) is 9.00. The number of benzene rings is 1. The van der Waals surface area contributed by atoms with Gasteiger partial charge in [-0.05, 0) is 37.1 Å². The zero-order valence-electron chi connectivity index (χ0n) is 9.94. The zero-order valence-corrected chi connectivity index (χ0v) is 10.8. The molecule has 0 fully saturated rings. The predicted octanol–water partition coefficient (Wildman–Crippen LogP) is 3.31. The third-order valence-corrected chi connectivity index (χ3v) is 3.34. The van der Waals surface area contributed by atoms with Crippen molar-refractivity contribution in [1.82, 2.24) is 4.98 Å². The van der Waals surface area contributed by atoms with Gasteiger partial charge in [0, 0.05) is 5.56 Å². The van der Waals surface area contributed by atoms with Gasteiger partial charge in [-0.1, -0.05) is 0 Å². The second-order valence-corrected chi connectivity index (χ2v) is 4.64. The summed E-state index contributed by atoms with van der Waals surface area (Å²) in [6.45, 7) is 3.99. The van der Waals surface area contributed by atoms with Crippen molar-refractivity contribution in [3.8, 4) is 23.1 Å². The van der Waals surface area contributed by atoms with Gasteiger partial charge in [0.25, 0.3) is 0 Å². The molecular weight excluding hydrogens is 232 g/mol. The van der Waals surface area contributed by atoms with E-state index in [2.05, 4.69) is 11.1 Å². The van der Waals surface area contributed by atoms with Crippen molar-refractivity contribution in [3.05, 3.63) is 33.6 Å². The van der Waals surface area contributed by atoms with Crippen LogP contribution in [0, 0.1) is 25.2 Å². The van der Waals surface area contributed by atoms with E-state index in [1.807, 2.05) is 26.0 Å². The van der Waals surface area contributed by atoms with Crippen LogP contribution < -0.4 is 4.74 Å². The SMILES string of the molecule is COc1c(C)cc(-c2ncsc2C#N)cc1C. The number of hydrogen-bond donors (Lipinski definition) is 0. The van der Waals surface area contributed by atoms with Crippen molar-refractivity contribution >= 4 is 11.3 Å². The molecule has 0 aliphatic rings. The lowest BCUT2D eigenvalue weighted by Gasteiger charge is -2.10. The minimum Gasteiger partial charge on any atom is -0.496 e. The lowest BCUT2D eigenvalue weighted by molar-refractivity contribution is 0.408. The summed E-state index contributed by atoms with van der Waals surface area (Å²) in [6.07, 6.45) is 0. The van der Waals surface area contributed by atoms with Crippen molar-refractivity contribution < 1.29 is 4.74 Å². The monoisotopic (exact) mass is 244 g/mol. The third kappa shape index (κ3) is 2.02. The van der Waals surface area contributed by atoms with E-state index >= 15 is 0 Å². The Bertz CT molecular complexity index is 573. The van der Waals surface area contributed by atoms with Crippen LogP contribution in [0.2, 0.25) is 0 Å². The fraction of sp³-hybridized carbons (Fsp3) is 0.231. The van der Waals surface area contributed by atoms with Gasteiger partial charge in [0.05, 0.1) is 18.3 Å². The van der Waals surface area contributed by atoms with E-state index in [0.717, 1.165) is 28.1 Å². The summed E-state index contributed by atoms with van der Waals surface area (Å²) in [5.41, 5.74) is 5.53. The molecule has 0 bridgehead atoms. The maximum absolute atomic E-state index is 9.00. The third-order valence-electron chi connectivity index (χ3n) is 2.61. The Morgan fingerprint density at radius 1 is 1.29 bits per heavy atom. The van der Waals surface area contributed by atoms with Crippen LogP contribution in [-0.2, 0) is 0 Å². The van der Waals surface area contributed by atoms with Crippen LogP contribution in [0.1, 0.15) is 16.0 Å². The predicted molar refractivity (Wildman–Crippen MR) is 68.3 cm³/mol. The summed E-state index contributed by atoms with van der Waals surface area (Å²) in [5.74, 6) is 0.891. The molecule has 86 valence electrons. The highest BCUT2D eigenvalue weighted by atomic mass is 32.1. The molecule has 17 heavy (non-hydrogen) atoms. The van der Waals surface area contributed by atoms with E-state index in [0.29, 0.717) is 4.88 Å². The molecule has 0 aliphatic carbocycles. The lowest BCUT2D eigenvalue weighted by Crippen LogP contribution is -1.92. The Morgan fingerprint density at radius 3 is 2.47 bits per heavy atom. The van der Waals surface area contributed by atoms with Crippen molar-refractivity contribution in [1.29, 1.82) is 5.26 Å². The first-order chi connectivity index (χ1) is 8.17. The quantitative estimate of drug-likeness (QED) is 0.814. The molecule has 0 spiro atoms. The second kappa shape index (κ2) is 4.56. The number of nitriles is 1. The minimum atomic E-state index is 0.647. The molecule has 0 N–H and O–H groups in total. The first kappa shape index (κ1) is 11.6. The molecule has 2 rings (SSSR count). The highest BCUT2D eigenvalue weighted by Crippen LogP contribution is 2.31. The number of ether oxygens (including phenoxy) is 1. The molecule has 1 aromatic carbocycles. The number of methoxy groups -OCH3 is 1. The van der Waals surface area contributed by atoms with Crippen LogP contribution >= 0.6 is 11.3 Å². The fourth-order valence-corrected chi connectivity index (χ4v) is 2.54. The van der Waals surface area contributed by atoms with E-state index in [1.165, 1.54) is 11.3 Å². The summed E-state index contributed by atoms with van der Waals surface area (Å²) in [7, 11) is 1.67. The van der Waals surface area contributed by atoms with E-state index in [4.69, 9.17) is 10.00 Å². The molecule has 0 atom stereocenters. The number of aromatic nitrogens is 1. The second-order valence-electron chi connectivity index (χ2n) is 3.79. The number of hydrogen-bond acceptors (Lipinski definition) is 4. The highest BCUT2D eigenvalue weighted by molar-refractivity contribution is 7.10. The van der Waals surface area contributed by atoms with Crippen molar-refractivity contribution in [2.24, 2.45) is 0 Å². The lowest BCUT2D eigenvalue weighted by atomic mass is 10.0. The van der Waals surface area contributed by atoms with Crippen LogP contribution in [0.4, 0.5) is 0 Å². The van der Waals surface area contributed by atoms with Crippen molar-refractivity contribution in [3.63, 3.8) is 0 Å². The molecule has 4 heteroatoms. The minimum absolute atomic E-state index is 0.647. The summed E-state index contributed by atoms with van der Waals surface area (Å²) in [6, 6.07) is 6.17. The molecule has 0 aliphatic heterocycles. The van der Waals surface area contributed by atoms with Crippen LogP contribution in [0.25, 0.3) is 11.3 Å². The van der Waals surface area contributed by atoms with Gasteiger partial charge < -0.3 is 4.74 Å². The van der Waals surface area contributed by atoms with Crippen LogP contribution in [0.5, 0.6) is 5.75 Å². The first-order valence-corrected chi connectivity index (χ1v) is 6.04. The van der Waals surface area contributed by atoms with Crippen LogP contribution in [-0.4, -0.2) is 12.1 Å². The summed E-state index contributed by atoms with van der Waals surface area (Å²) >= 11 is 1.36. The molecule has 0 amide bonds. The average molecular weight is 244 g/mol. The Labute approximate surface area is 104 Å². The van der Waals surface area contributed by atoms with Crippen LogP contribution in [0.15, 0.2) is 17.6 Å². The van der Waals surface area contributed by atoms with E-state index < -0.39 is 0 Å². The number of rotatable bonds is 2. The van der Waals surface area contributed by atoms with E-state index in [1.54, 1.807) is 12.6 Å².